The first-order valence-corrected chi connectivity index (χ1v) is 5.48. The van der Waals surface area contributed by atoms with Gasteiger partial charge in [0.05, 0.1) is 12.7 Å². The molecule has 18 heavy (non-hydrogen) atoms. The molecule has 0 aliphatic carbocycles. The first kappa shape index (κ1) is 12.2. The number of ether oxygens (including phenoxy) is 1. The van der Waals surface area contributed by atoms with Crippen LogP contribution in [0.3, 0.4) is 0 Å². The van der Waals surface area contributed by atoms with Crippen LogP contribution in [0.5, 0.6) is 5.75 Å². The molecule has 1 heterocycles. The van der Waals surface area contributed by atoms with Crippen molar-refractivity contribution in [2.45, 2.75) is 6.42 Å². The standard InChI is InChI=1S/C13H14N2O3/c1-15-6-5-14-12(15)8-10-7-9(13(16)17)3-4-11(10)18-2/h3-7H,8H2,1-2H3,(H,16,17). The SMILES string of the molecule is COc1ccc(C(=O)O)cc1Cc1nccn1C. The zero-order valence-corrected chi connectivity index (χ0v) is 10.3. The number of benzene rings is 1. The molecule has 2 rings (SSSR count). The van der Waals surface area contributed by atoms with E-state index in [-0.39, 0.29) is 5.56 Å². The Morgan fingerprint density at radius 1 is 1.50 bits per heavy atom. The number of aryl methyl sites for hydroxylation is 1. The summed E-state index contributed by atoms with van der Waals surface area (Å²) < 4.78 is 7.13. The normalized spacial score (nSPS) is 10.3. The third-order valence-electron chi connectivity index (χ3n) is 2.80. The second kappa shape index (κ2) is 4.91. The van der Waals surface area contributed by atoms with E-state index >= 15 is 0 Å². The third-order valence-corrected chi connectivity index (χ3v) is 2.80. The topological polar surface area (TPSA) is 64.3 Å². The van der Waals surface area contributed by atoms with E-state index in [0.717, 1.165) is 11.4 Å². The summed E-state index contributed by atoms with van der Waals surface area (Å²) in [5, 5.41) is 8.99. The second-order valence-electron chi connectivity index (χ2n) is 3.96. The van der Waals surface area contributed by atoms with E-state index in [2.05, 4.69) is 4.98 Å². The first-order valence-electron chi connectivity index (χ1n) is 5.48. The van der Waals surface area contributed by atoms with Crippen molar-refractivity contribution < 1.29 is 14.6 Å². The number of hydrogen-bond acceptors (Lipinski definition) is 3. The van der Waals surface area contributed by atoms with Crippen LogP contribution in [0, 0.1) is 0 Å². The monoisotopic (exact) mass is 246 g/mol. The number of methoxy groups -OCH3 is 1. The van der Waals surface area contributed by atoms with Crippen molar-refractivity contribution in [3.05, 3.63) is 47.5 Å². The minimum atomic E-state index is -0.946. The maximum Gasteiger partial charge on any atom is 0.335 e. The van der Waals surface area contributed by atoms with Crippen LogP contribution in [0.2, 0.25) is 0 Å². The van der Waals surface area contributed by atoms with Crippen LogP contribution < -0.4 is 4.74 Å². The highest BCUT2D eigenvalue weighted by Crippen LogP contribution is 2.22. The van der Waals surface area contributed by atoms with E-state index in [1.165, 1.54) is 6.07 Å². The zero-order chi connectivity index (χ0) is 13.1. The number of nitrogens with zero attached hydrogens (tertiary/aromatic N) is 2. The van der Waals surface area contributed by atoms with Crippen molar-refractivity contribution in [1.29, 1.82) is 0 Å². The van der Waals surface area contributed by atoms with Gasteiger partial charge in [0.25, 0.3) is 0 Å². The summed E-state index contributed by atoms with van der Waals surface area (Å²) in [6.45, 7) is 0. The molecule has 0 saturated heterocycles. The number of imidazole rings is 1. The molecule has 0 unspecified atom stereocenters. The fourth-order valence-corrected chi connectivity index (χ4v) is 1.79. The summed E-state index contributed by atoms with van der Waals surface area (Å²) in [5.41, 5.74) is 1.06. The van der Waals surface area contributed by atoms with Gasteiger partial charge in [-0.05, 0) is 18.2 Å². The average molecular weight is 246 g/mol. The molecule has 5 heteroatoms. The quantitative estimate of drug-likeness (QED) is 0.892. The second-order valence-corrected chi connectivity index (χ2v) is 3.96. The van der Waals surface area contributed by atoms with Crippen LogP contribution in [0.4, 0.5) is 0 Å². The molecule has 0 atom stereocenters. The Balaban J connectivity index is 2.38. The maximum absolute atomic E-state index is 11.0. The minimum Gasteiger partial charge on any atom is -0.496 e. The van der Waals surface area contributed by atoms with Crippen LogP contribution in [0.25, 0.3) is 0 Å². The fraction of sp³-hybridized carbons (Fsp3) is 0.231. The zero-order valence-electron chi connectivity index (χ0n) is 10.3. The Morgan fingerprint density at radius 2 is 2.28 bits per heavy atom. The summed E-state index contributed by atoms with van der Waals surface area (Å²) in [5.74, 6) is 0.581. The third kappa shape index (κ3) is 2.34. The van der Waals surface area contributed by atoms with Crippen molar-refractivity contribution in [3.8, 4) is 5.75 Å². The summed E-state index contributed by atoms with van der Waals surface area (Å²) in [4.78, 5) is 15.2. The highest BCUT2D eigenvalue weighted by molar-refractivity contribution is 5.88. The molecule has 0 saturated carbocycles. The molecule has 0 fully saturated rings. The van der Waals surface area contributed by atoms with Gasteiger partial charge in [0, 0.05) is 31.4 Å². The van der Waals surface area contributed by atoms with Gasteiger partial charge in [-0.15, -0.1) is 0 Å². The van der Waals surface area contributed by atoms with Crippen molar-refractivity contribution in [2.24, 2.45) is 7.05 Å². The predicted octanol–water partition coefficient (Wildman–Crippen LogP) is 1.72. The van der Waals surface area contributed by atoms with Gasteiger partial charge in [0.2, 0.25) is 0 Å². The lowest BCUT2D eigenvalue weighted by Gasteiger charge is -2.09. The molecule has 1 N–H and O–H groups in total. The molecular weight excluding hydrogens is 232 g/mol. The highest BCUT2D eigenvalue weighted by Gasteiger charge is 2.11. The molecule has 0 radical (unpaired) electrons. The molecule has 0 bridgehead atoms. The number of hydrogen-bond donors (Lipinski definition) is 1. The number of aromatic nitrogens is 2. The summed E-state index contributed by atoms with van der Waals surface area (Å²) in [6.07, 6.45) is 4.10. The van der Waals surface area contributed by atoms with E-state index in [0.29, 0.717) is 12.2 Å². The molecule has 94 valence electrons. The number of carboxylic acids is 1. The molecule has 1 aromatic heterocycles. The lowest BCUT2D eigenvalue weighted by molar-refractivity contribution is 0.0696. The molecule has 0 amide bonds. The van der Waals surface area contributed by atoms with Crippen molar-refractivity contribution in [1.82, 2.24) is 9.55 Å². The van der Waals surface area contributed by atoms with Gasteiger partial charge in [0.15, 0.2) is 0 Å². The number of aromatic carboxylic acids is 1. The predicted molar refractivity (Wildman–Crippen MR) is 66.0 cm³/mol. The van der Waals surface area contributed by atoms with Crippen molar-refractivity contribution in [3.63, 3.8) is 0 Å². The Hall–Kier alpha value is -2.30. The molecular formula is C13H14N2O3. The summed E-state index contributed by atoms with van der Waals surface area (Å²) in [6, 6.07) is 4.82. The van der Waals surface area contributed by atoms with Crippen LogP contribution in [-0.2, 0) is 13.5 Å². The van der Waals surface area contributed by atoms with Crippen LogP contribution >= 0.6 is 0 Å². The van der Waals surface area contributed by atoms with Gasteiger partial charge in [-0.3, -0.25) is 0 Å². The van der Waals surface area contributed by atoms with Crippen LogP contribution in [-0.4, -0.2) is 27.7 Å². The fourth-order valence-electron chi connectivity index (χ4n) is 1.79. The number of carbonyl (C=O) groups is 1. The maximum atomic E-state index is 11.0. The van der Waals surface area contributed by atoms with E-state index in [4.69, 9.17) is 9.84 Å². The highest BCUT2D eigenvalue weighted by atomic mass is 16.5. The first-order chi connectivity index (χ1) is 8.61. The van der Waals surface area contributed by atoms with E-state index < -0.39 is 5.97 Å². The van der Waals surface area contributed by atoms with Crippen molar-refractivity contribution >= 4 is 5.97 Å². The Bertz CT molecular complexity index is 575. The number of carboxylic acid groups (broad SMARTS) is 1. The smallest absolute Gasteiger partial charge is 0.335 e. The molecule has 1 aromatic carbocycles. The Labute approximate surface area is 105 Å². The Kier molecular flexibility index (Phi) is 3.32. The lowest BCUT2D eigenvalue weighted by atomic mass is 10.1. The van der Waals surface area contributed by atoms with E-state index in [9.17, 15) is 4.79 Å². The average Bonchev–Trinajstić information content (AvgIpc) is 2.75. The summed E-state index contributed by atoms with van der Waals surface area (Å²) >= 11 is 0. The molecule has 2 aromatic rings. The van der Waals surface area contributed by atoms with Gasteiger partial charge >= 0.3 is 5.97 Å². The molecule has 0 aliphatic heterocycles. The van der Waals surface area contributed by atoms with Crippen LogP contribution in [0.15, 0.2) is 30.6 Å². The Morgan fingerprint density at radius 3 is 2.83 bits per heavy atom. The largest absolute Gasteiger partial charge is 0.496 e. The molecule has 5 nitrogen and oxygen atoms in total. The molecule has 0 aliphatic rings. The molecule has 0 spiro atoms. The van der Waals surface area contributed by atoms with Gasteiger partial charge in [-0.2, -0.15) is 0 Å². The van der Waals surface area contributed by atoms with Gasteiger partial charge in [-0.25, -0.2) is 9.78 Å². The van der Waals surface area contributed by atoms with Crippen molar-refractivity contribution in [2.75, 3.05) is 7.11 Å². The van der Waals surface area contributed by atoms with E-state index in [1.54, 1.807) is 25.4 Å². The van der Waals surface area contributed by atoms with Gasteiger partial charge < -0.3 is 14.4 Å². The number of rotatable bonds is 4. The van der Waals surface area contributed by atoms with Gasteiger partial charge in [-0.1, -0.05) is 0 Å². The lowest BCUT2D eigenvalue weighted by Crippen LogP contribution is -2.03. The van der Waals surface area contributed by atoms with Crippen LogP contribution in [0.1, 0.15) is 21.7 Å². The minimum absolute atomic E-state index is 0.250. The summed E-state index contributed by atoms with van der Waals surface area (Å²) in [7, 11) is 3.47. The van der Waals surface area contributed by atoms with E-state index in [1.807, 2.05) is 17.8 Å². The van der Waals surface area contributed by atoms with Gasteiger partial charge in [0.1, 0.15) is 11.6 Å².